The molecule has 2 bridgehead atoms. The summed E-state index contributed by atoms with van der Waals surface area (Å²) in [7, 11) is 0. The second-order valence-electron chi connectivity index (χ2n) is 11.0. The smallest absolute Gasteiger partial charge is 0.346 e. The third-order valence-electron chi connectivity index (χ3n) is 9.33. The first-order chi connectivity index (χ1) is 20.5. The fraction of sp³-hybridized carbons (Fsp3) is 0.0556. The van der Waals surface area contributed by atoms with Gasteiger partial charge in [-0.1, -0.05) is 84.9 Å². The molecule has 2 heterocycles. The van der Waals surface area contributed by atoms with Crippen LogP contribution in [0.3, 0.4) is 0 Å². The van der Waals surface area contributed by atoms with Crippen LogP contribution >= 0.6 is 0 Å². The molecule has 198 valence electrons. The van der Waals surface area contributed by atoms with Crippen molar-refractivity contribution < 1.29 is 28.7 Å². The van der Waals surface area contributed by atoms with Gasteiger partial charge in [0, 0.05) is 0 Å². The molecule has 0 N–H and O–H groups in total. The molecular formula is C36H18O6. The number of hydrogen-bond acceptors (Lipinski definition) is 6. The van der Waals surface area contributed by atoms with E-state index in [0.717, 1.165) is 44.5 Å². The fourth-order valence-electron chi connectivity index (χ4n) is 7.82. The summed E-state index contributed by atoms with van der Waals surface area (Å²) >= 11 is 0. The summed E-state index contributed by atoms with van der Waals surface area (Å²) in [6, 6.07) is 35.1. The molecule has 0 aromatic heterocycles. The molecule has 0 atom stereocenters. The molecule has 0 fully saturated rings. The summed E-state index contributed by atoms with van der Waals surface area (Å²) in [5.74, 6) is -2.75. The largest absolute Gasteiger partial charge is 0.386 e. The first-order valence-corrected chi connectivity index (χ1v) is 13.6. The van der Waals surface area contributed by atoms with Crippen LogP contribution in [0.4, 0.5) is 0 Å². The van der Waals surface area contributed by atoms with Crippen molar-refractivity contribution in [3.8, 4) is 0 Å². The first kappa shape index (κ1) is 23.1. The number of esters is 4. The molecule has 0 radical (unpaired) electrons. The maximum atomic E-state index is 12.9. The van der Waals surface area contributed by atoms with Gasteiger partial charge in [-0.15, -0.1) is 0 Å². The van der Waals surface area contributed by atoms with Gasteiger partial charge in [-0.2, -0.15) is 0 Å². The van der Waals surface area contributed by atoms with Gasteiger partial charge >= 0.3 is 23.9 Å². The number of benzene rings is 5. The number of rotatable bonds is 2. The van der Waals surface area contributed by atoms with Gasteiger partial charge in [0.25, 0.3) is 0 Å². The highest BCUT2D eigenvalue weighted by Gasteiger charge is 2.61. The van der Waals surface area contributed by atoms with Gasteiger partial charge in [0.05, 0.1) is 33.1 Å². The van der Waals surface area contributed by atoms with E-state index in [4.69, 9.17) is 9.47 Å². The van der Waals surface area contributed by atoms with E-state index in [1.165, 1.54) is 0 Å². The van der Waals surface area contributed by atoms with Crippen molar-refractivity contribution in [3.63, 3.8) is 0 Å². The van der Waals surface area contributed by atoms with Crippen LogP contribution in [-0.4, -0.2) is 23.9 Å². The summed E-state index contributed by atoms with van der Waals surface area (Å²) < 4.78 is 10.2. The minimum Gasteiger partial charge on any atom is -0.386 e. The van der Waals surface area contributed by atoms with Gasteiger partial charge < -0.3 is 9.47 Å². The Bertz CT molecular complexity index is 1870. The molecule has 6 heteroatoms. The highest BCUT2D eigenvalue weighted by atomic mass is 16.6. The third-order valence-corrected chi connectivity index (χ3v) is 9.33. The van der Waals surface area contributed by atoms with E-state index in [1.807, 2.05) is 72.8 Å². The normalized spacial score (nSPS) is 22.1. The van der Waals surface area contributed by atoms with Crippen molar-refractivity contribution in [1.82, 2.24) is 0 Å². The molecule has 0 saturated heterocycles. The highest BCUT2D eigenvalue weighted by Crippen LogP contribution is 2.66. The summed E-state index contributed by atoms with van der Waals surface area (Å²) in [5.41, 5.74) is 5.90. The molecule has 5 aromatic carbocycles. The van der Waals surface area contributed by atoms with Crippen molar-refractivity contribution >= 4 is 23.9 Å². The molecule has 5 aromatic rings. The topological polar surface area (TPSA) is 86.7 Å². The predicted molar refractivity (Wildman–Crippen MR) is 150 cm³/mol. The van der Waals surface area contributed by atoms with Crippen molar-refractivity contribution in [2.45, 2.75) is 10.8 Å². The zero-order valence-electron chi connectivity index (χ0n) is 21.8. The number of carbonyl (C=O) groups is 4. The zero-order chi connectivity index (χ0) is 28.4. The second kappa shape index (κ2) is 7.56. The molecule has 0 amide bonds. The summed E-state index contributed by atoms with van der Waals surface area (Å²) in [6.45, 7) is 0. The first-order valence-electron chi connectivity index (χ1n) is 13.6. The lowest BCUT2D eigenvalue weighted by molar-refractivity contribution is 0.0425. The van der Waals surface area contributed by atoms with Gasteiger partial charge in [0.15, 0.2) is 0 Å². The summed E-state index contributed by atoms with van der Waals surface area (Å²) in [4.78, 5) is 51.8. The maximum absolute atomic E-state index is 12.9. The molecule has 0 spiro atoms. The zero-order valence-corrected chi connectivity index (χ0v) is 21.8. The molecule has 2 aliphatic heterocycles. The van der Waals surface area contributed by atoms with E-state index in [1.54, 1.807) is 24.3 Å². The molecule has 0 saturated carbocycles. The van der Waals surface area contributed by atoms with Crippen molar-refractivity contribution in [1.29, 1.82) is 0 Å². The van der Waals surface area contributed by atoms with Crippen LogP contribution in [0.5, 0.6) is 0 Å². The van der Waals surface area contributed by atoms with Gasteiger partial charge in [-0.3, -0.25) is 0 Å². The number of ether oxygens (including phenoxy) is 2. The van der Waals surface area contributed by atoms with Gasteiger partial charge in [-0.25, -0.2) is 19.2 Å². The Morgan fingerprint density at radius 3 is 0.952 bits per heavy atom. The molecule has 3 aliphatic carbocycles. The predicted octanol–water partition coefficient (Wildman–Crippen LogP) is 5.70. The van der Waals surface area contributed by atoms with Crippen LogP contribution in [0.2, 0.25) is 0 Å². The van der Waals surface area contributed by atoms with Crippen molar-refractivity contribution in [3.05, 3.63) is 176 Å². The second-order valence-corrected chi connectivity index (χ2v) is 11.0. The maximum Gasteiger partial charge on any atom is 0.346 e. The molecule has 10 rings (SSSR count). The fourth-order valence-corrected chi connectivity index (χ4v) is 7.82. The summed E-state index contributed by atoms with van der Waals surface area (Å²) in [5, 5.41) is 0. The summed E-state index contributed by atoms with van der Waals surface area (Å²) in [6.07, 6.45) is 0. The standard InChI is InChI=1S/C36H18O6/c37-31-21-15-27-29(17-23(21)33(39)41-31)36(20-11-5-2-6-12-20)26-14-8-7-13-25(26)35(27,19-9-3-1-4-10-19)28-16-22-24(18-30(28)36)34(40)42-32(22)38/h1-18H. The Hall–Kier alpha value is -5.62. The molecule has 5 aliphatic rings. The number of hydrogen-bond donors (Lipinski definition) is 0. The lowest BCUT2D eigenvalue weighted by atomic mass is 9.44. The van der Waals surface area contributed by atoms with Crippen LogP contribution in [0.1, 0.15) is 85.9 Å². The monoisotopic (exact) mass is 546 g/mol. The van der Waals surface area contributed by atoms with Gasteiger partial charge in [0.1, 0.15) is 0 Å². The van der Waals surface area contributed by atoms with E-state index in [2.05, 4.69) is 12.1 Å². The molecule has 42 heavy (non-hydrogen) atoms. The van der Waals surface area contributed by atoms with E-state index in [0.29, 0.717) is 0 Å². The minimum absolute atomic E-state index is 0.208. The number of carbonyl (C=O) groups excluding carboxylic acids is 4. The lowest BCUT2D eigenvalue weighted by Crippen LogP contribution is -2.52. The third kappa shape index (κ3) is 2.44. The average Bonchev–Trinajstić information content (AvgIpc) is 3.47. The Morgan fingerprint density at radius 2 is 0.643 bits per heavy atom. The Labute approximate surface area is 239 Å². The Morgan fingerprint density at radius 1 is 0.357 bits per heavy atom. The van der Waals surface area contributed by atoms with E-state index in [-0.39, 0.29) is 22.3 Å². The van der Waals surface area contributed by atoms with Crippen LogP contribution in [0, 0.1) is 0 Å². The van der Waals surface area contributed by atoms with Crippen LogP contribution in [0.25, 0.3) is 0 Å². The van der Waals surface area contributed by atoms with Crippen molar-refractivity contribution in [2.24, 2.45) is 0 Å². The van der Waals surface area contributed by atoms with Crippen LogP contribution in [0.15, 0.2) is 109 Å². The Balaban J connectivity index is 1.58. The Kier molecular flexibility index (Phi) is 4.16. The average molecular weight is 547 g/mol. The molecule has 6 nitrogen and oxygen atoms in total. The SMILES string of the molecule is O=C1OC(=O)c2cc3c(cc21)C1(c2ccccc2)c2ccccc2C3(c2ccccc2)c2cc3c(cc21)C(=O)OC3=O. The van der Waals surface area contributed by atoms with Gasteiger partial charge in [-0.05, 0) is 68.8 Å². The minimum atomic E-state index is -0.985. The van der Waals surface area contributed by atoms with Crippen molar-refractivity contribution in [2.75, 3.05) is 0 Å². The highest BCUT2D eigenvalue weighted by molar-refractivity contribution is 6.16. The molecular weight excluding hydrogens is 528 g/mol. The van der Waals surface area contributed by atoms with E-state index >= 15 is 0 Å². The quantitative estimate of drug-likeness (QED) is 0.204. The van der Waals surface area contributed by atoms with Gasteiger partial charge in [0.2, 0.25) is 0 Å². The lowest BCUT2D eigenvalue weighted by Gasteiger charge is -2.57. The van der Waals surface area contributed by atoms with E-state index < -0.39 is 34.7 Å². The van der Waals surface area contributed by atoms with Crippen LogP contribution in [-0.2, 0) is 20.3 Å². The number of fused-ring (bicyclic) bond motifs is 2. The molecule has 0 unspecified atom stereocenters. The van der Waals surface area contributed by atoms with E-state index in [9.17, 15) is 19.2 Å². The van der Waals surface area contributed by atoms with Crippen LogP contribution < -0.4 is 0 Å². The number of cyclic esters (lactones) is 4.